The van der Waals surface area contributed by atoms with E-state index in [1.807, 2.05) is 0 Å². The van der Waals surface area contributed by atoms with E-state index in [4.69, 9.17) is 5.26 Å². The highest BCUT2D eigenvalue weighted by Crippen LogP contribution is 2.21. The molecule has 3 heteroatoms. The number of hydrogen-bond acceptors (Lipinski definition) is 1. The van der Waals surface area contributed by atoms with Crippen molar-refractivity contribution in [2.75, 3.05) is 26.2 Å². The molecule has 0 saturated carbocycles. The monoisotopic (exact) mass is 281 g/mol. The number of quaternary nitrogens is 1. The molecule has 20 heavy (non-hydrogen) atoms. The van der Waals surface area contributed by atoms with Crippen LogP contribution in [-0.2, 0) is 0 Å². The van der Waals surface area contributed by atoms with Gasteiger partial charge in [0.2, 0.25) is 7.85 Å². The number of rotatable bonds is 8. The summed E-state index contributed by atoms with van der Waals surface area (Å²) in [5.74, 6) is 4.94. The molecule has 0 bridgehead atoms. The summed E-state index contributed by atoms with van der Waals surface area (Å²) in [6.45, 7) is 24.3. The average molecular weight is 281 g/mol. The van der Waals surface area contributed by atoms with Crippen molar-refractivity contribution in [1.29, 1.82) is 5.26 Å². The smallest absolute Gasteiger partial charge is 0.232 e. The summed E-state index contributed by atoms with van der Waals surface area (Å²) in [7, 11) is 1.43. The van der Waals surface area contributed by atoms with E-state index < -0.39 is 0 Å². The molecule has 0 spiro atoms. The van der Waals surface area contributed by atoms with Crippen molar-refractivity contribution in [2.45, 2.75) is 55.4 Å². The zero-order chi connectivity index (χ0) is 16.3. The van der Waals surface area contributed by atoms with Crippen LogP contribution in [0.1, 0.15) is 55.4 Å². The van der Waals surface area contributed by atoms with Crippen molar-refractivity contribution in [1.82, 2.24) is 0 Å². The molecule has 118 valence electrons. The molecule has 0 heterocycles. The summed E-state index contributed by atoms with van der Waals surface area (Å²) in [6.07, 6.45) is 0. The second-order valence-electron chi connectivity index (χ2n) is 7.87. The topological polar surface area (TPSA) is 23.8 Å². The summed E-state index contributed by atoms with van der Waals surface area (Å²) in [5, 5.41) is 7.32. The summed E-state index contributed by atoms with van der Waals surface area (Å²) in [5.41, 5.74) is 0. The molecule has 2 nitrogen and oxygen atoms in total. The molecular formula is C17H38BN2+. The van der Waals surface area contributed by atoms with Gasteiger partial charge in [-0.15, -0.1) is 0 Å². The van der Waals surface area contributed by atoms with E-state index in [0.29, 0.717) is 0 Å². The molecule has 0 aliphatic heterocycles. The molecule has 0 unspecified atom stereocenters. The second-order valence-corrected chi connectivity index (χ2v) is 7.87. The number of nitriles is 1. The van der Waals surface area contributed by atoms with Gasteiger partial charge in [0, 0.05) is 23.7 Å². The van der Waals surface area contributed by atoms with Crippen molar-refractivity contribution in [3.05, 3.63) is 0 Å². The summed E-state index contributed by atoms with van der Waals surface area (Å²) >= 11 is 0. The number of hydrogen-bond donors (Lipinski definition) is 0. The van der Waals surface area contributed by atoms with Crippen molar-refractivity contribution < 1.29 is 4.48 Å². The van der Waals surface area contributed by atoms with Gasteiger partial charge >= 0.3 is 0 Å². The van der Waals surface area contributed by atoms with Crippen molar-refractivity contribution in [3.63, 3.8) is 0 Å². The van der Waals surface area contributed by atoms with Gasteiger partial charge in [-0.1, -0.05) is 55.4 Å². The molecular weight excluding hydrogens is 243 g/mol. The van der Waals surface area contributed by atoms with Gasteiger partial charge in [0.25, 0.3) is 0 Å². The van der Waals surface area contributed by atoms with Gasteiger partial charge in [0.15, 0.2) is 0 Å². The lowest BCUT2D eigenvalue weighted by atomic mass is 10.0. The third kappa shape index (κ3) is 12.5. The Bertz CT molecular complexity index is 219. The molecule has 0 aromatic rings. The minimum atomic E-state index is 0.797. The Labute approximate surface area is 129 Å². The minimum Gasteiger partial charge on any atom is -0.323 e. The molecule has 0 rings (SSSR count). The van der Waals surface area contributed by atoms with Gasteiger partial charge in [-0.2, -0.15) is 0 Å². The highest BCUT2D eigenvalue weighted by Gasteiger charge is 2.31. The van der Waals surface area contributed by atoms with E-state index in [-0.39, 0.29) is 0 Å². The van der Waals surface area contributed by atoms with E-state index in [1.54, 1.807) is 5.97 Å². The first-order valence-electron chi connectivity index (χ1n) is 8.24. The van der Waals surface area contributed by atoms with Crippen LogP contribution >= 0.6 is 0 Å². The maximum Gasteiger partial charge on any atom is 0.232 e. The fourth-order valence-corrected chi connectivity index (χ4v) is 3.55. The Morgan fingerprint density at radius 3 is 0.950 bits per heavy atom. The molecule has 0 aliphatic carbocycles. The average Bonchev–Trinajstić information content (AvgIpc) is 2.11. The van der Waals surface area contributed by atoms with Crippen molar-refractivity contribution in [3.8, 4) is 5.97 Å². The van der Waals surface area contributed by atoms with Crippen LogP contribution < -0.4 is 0 Å². The van der Waals surface area contributed by atoms with Gasteiger partial charge in [-0.05, 0) is 5.97 Å². The SMILES string of the molecule is BC#N.CC(C)C[N+](CC(C)C)(CC(C)C)CC(C)C. The molecule has 0 saturated heterocycles. The normalized spacial score (nSPS) is 11.8. The molecule has 0 amide bonds. The van der Waals surface area contributed by atoms with Gasteiger partial charge in [0.1, 0.15) is 0 Å². The van der Waals surface area contributed by atoms with Crippen molar-refractivity contribution >= 4 is 7.85 Å². The standard InChI is InChI=1S/C16H36N.CH2BN/c1-13(2)9-17(10-14(3)4,11-15(5)6)12-16(7)8;2-1-3/h13-16H,9-12H2,1-8H3;2H2/q+1;. The quantitative estimate of drug-likeness (QED) is 0.493. The minimum absolute atomic E-state index is 0.797. The third-order valence-corrected chi connectivity index (χ3v) is 3.01. The molecule has 0 N–H and O–H groups in total. The molecule has 0 aromatic heterocycles. The largest absolute Gasteiger partial charge is 0.323 e. The van der Waals surface area contributed by atoms with E-state index >= 15 is 0 Å². The van der Waals surface area contributed by atoms with E-state index in [2.05, 4.69) is 55.4 Å². The van der Waals surface area contributed by atoms with Gasteiger partial charge in [-0.3, -0.25) is 0 Å². The van der Waals surface area contributed by atoms with Gasteiger partial charge in [-0.25, -0.2) is 5.26 Å². The Hall–Kier alpha value is -0.485. The Kier molecular flexibility index (Phi) is 12.2. The maximum atomic E-state index is 7.32. The summed E-state index contributed by atoms with van der Waals surface area (Å²) in [6, 6.07) is 0. The molecule has 0 aromatic carbocycles. The van der Waals surface area contributed by atoms with Crippen LogP contribution in [0.15, 0.2) is 0 Å². The molecule has 0 aliphatic rings. The highest BCUT2D eigenvalue weighted by atomic mass is 15.4. The number of nitrogens with zero attached hydrogens (tertiary/aromatic N) is 2. The van der Waals surface area contributed by atoms with Gasteiger partial charge in [0.05, 0.1) is 26.2 Å². The van der Waals surface area contributed by atoms with Crippen LogP contribution in [0, 0.1) is 34.9 Å². The van der Waals surface area contributed by atoms with E-state index in [9.17, 15) is 0 Å². The summed E-state index contributed by atoms with van der Waals surface area (Å²) in [4.78, 5) is 0. The lowest BCUT2D eigenvalue weighted by molar-refractivity contribution is -0.938. The fourth-order valence-electron chi connectivity index (χ4n) is 3.55. The molecule has 0 atom stereocenters. The highest BCUT2D eigenvalue weighted by molar-refractivity contribution is 6.20. The molecule has 0 fully saturated rings. The first kappa shape index (κ1) is 21.8. The Balaban J connectivity index is 0. The van der Waals surface area contributed by atoms with Crippen molar-refractivity contribution in [2.24, 2.45) is 23.7 Å². The van der Waals surface area contributed by atoms with Crippen LogP contribution in [0.5, 0.6) is 0 Å². The maximum absolute atomic E-state index is 7.32. The summed E-state index contributed by atoms with van der Waals surface area (Å²) < 4.78 is 1.32. The Morgan fingerprint density at radius 2 is 0.850 bits per heavy atom. The third-order valence-electron chi connectivity index (χ3n) is 3.01. The lowest BCUT2D eigenvalue weighted by Crippen LogP contribution is -2.56. The van der Waals surface area contributed by atoms with Crippen LogP contribution in [0.4, 0.5) is 0 Å². The van der Waals surface area contributed by atoms with E-state index in [0.717, 1.165) is 23.7 Å². The fraction of sp³-hybridized carbons (Fsp3) is 0.941. The predicted octanol–water partition coefficient (Wildman–Crippen LogP) is 3.53. The zero-order valence-electron chi connectivity index (χ0n) is 15.5. The lowest BCUT2D eigenvalue weighted by Gasteiger charge is -2.44. The molecule has 0 radical (unpaired) electrons. The Morgan fingerprint density at radius 1 is 0.700 bits per heavy atom. The zero-order valence-corrected chi connectivity index (χ0v) is 15.5. The first-order valence-corrected chi connectivity index (χ1v) is 8.24. The first-order chi connectivity index (χ1) is 9.08. The van der Waals surface area contributed by atoms with E-state index in [1.165, 1.54) is 38.5 Å². The second kappa shape index (κ2) is 11.2. The van der Waals surface area contributed by atoms with Crippen LogP contribution in [0.25, 0.3) is 0 Å². The van der Waals surface area contributed by atoms with Gasteiger partial charge < -0.3 is 4.48 Å². The van der Waals surface area contributed by atoms with Crippen LogP contribution in [0.3, 0.4) is 0 Å². The van der Waals surface area contributed by atoms with Crippen LogP contribution in [0.2, 0.25) is 0 Å². The predicted molar refractivity (Wildman–Crippen MR) is 93.2 cm³/mol. The van der Waals surface area contributed by atoms with Crippen LogP contribution in [-0.4, -0.2) is 38.5 Å².